The Hall–Kier alpha value is -1.87. The number of carbonyl (C=O) groups is 3. The van der Waals surface area contributed by atoms with Crippen molar-refractivity contribution in [3.05, 3.63) is 0 Å². The normalized spacial score (nSPS) is 43.4. The van der Waals surface area contributed by atoms with E-state index in [2.05, 4.69) is 15.5 Å². The number of fused-ring (bicyclic) bond motifs is 1. The molecule has 50 heavy (non-hydrogen) atoms. The van der Waals surface area contributed by atoms with Gasteiger partial charge in [0.05, 0.1) is 23.9 Å². The zero-order valence-electron chi connectivity index (χ0n) is 31.9. The van der Waals surface area contributed by atoms with Gasteiger partial charge in [-0.25, -0.2) is 4.79 Å². The van der Waals surface area contributed by atoms with Crippen molar-refractivity contribution >= 4 is 17.8 Å². The number of hydrogen-bond donors (Lipinski definition) is 3. The monoisotopic (exact) mass is 708 g/mol. The van der Waals surface area contributed by atoms with E-state index >= 15 is 0 Å². The van der Waals surface area contributed by atoms with Crippen molar-refractivity contribution in [2.24, 2.45) is 11.8 Å². The molecule has 1 saturated carbocycles. The summed E-state index contributed by atoms with van der Waals surface area (Å²) in [5.74, 6) is -3.01. The minimum Gasteiger partial charge on any atom is -0.458 e. The summed E-state index contributed by atoms with van der Waals surface area (Å²) in [7, 11) is 5.53. The minimum absolute atomic E-state index is 0.164. The van der Waals surface area contributed by atoms with Gasteiger partial charge < -0.3 is 44.3 Å². The smallest absolute Gasteiger partial charge is 0.408 e. The maximum absolute atomic E-state index is 14.3. The molecule has 3 N–H and O–H groups in total. The summed E-state index contributed by atoms with van der Waals surface area (Å²) in [5.41, 5.74) is -1.83. The molecule has 5 fully saturated rings. The van der Waals surface area contributed by atoms with Crippen molar-refractivity contribution in [1.82, 2.24) is 20.4 Å². The SMILES string of the molecule is CC[C@H]1OC(=O)C(C)C(=O)[C@H](C)[C@@H](OC2OC(CN3CCCCC34CC4)CC(N(C)C)C2O)[C@](C)(OC)CCCN[C@H](C)[C@H]2NC(=O)O[C@@]21C. The number of ketones is 1. The lowest BCUT2D eigenvalue weighted by atomic mass is 9.80. The fourth-order valence-electron chi connectivity index (χ4n) is 9.20. The van der Waals surface area contributed by atoms with Crippen LogP contribution in [0.25, 0.3) is 0 Å². The van der Waals surface area contributed by atoms with Gasteiger partial charge in [-0.05, 0) is 106 Å². The van der Waals surface area contributed by atoms with E-state index in [9.17, 15) is 19.5 Å². The molecule has 12 atom stereocenters. The molecule has 1 spiro atoms. The number of ether oxygens (including phenoxy) is 5. The van der Waals surface area contributed by atoms with Crippen LogP contribution in [0.1, 0.15) is 99.3 Å². The summed E-state index contributed by atoms with van der Waals surface area (Å²) in [4.78, 5) is 45.0. The Bertz CT molecular complexity index is 1220. The molecule has 4 saturated heterocycles. The Kier molecular flexibility index (Phi) is 12.3. The molecule has 0 radical (unpaired) electrons. The number of hydrogen-bond acceptors (Lipinski definition) is 12. The predicted molar refractivity (Wildman–Crippen MR) is 186 cm³/mol. The summed E-state index contributed by atoms with van der Waals surface area (Å²) in [6, 6.07) is -0.909. The highest BCUT2D eigenvalue weighted by molar-refractivity contribution is 6.00. The van der Waals surface area contributed by atoms with Gasteiger partial charge in [0, 0.05) is 37.2 Å². The lowest BCUT2D eigenvalue weighted by Gasteiger charge is -2.48. The van der Waals surface area contributed by atoms with Crippen molar-refractivity contribution in [2.45, 2.75) is 165 Å². The third-order valence-electron chi connectivity index (χ3n) is 12.7. The highest BCUT2D eigenvalue weighted by Crippen LogP contribution is 2.49. The number of alkyl carbamates (subject to hydrolysis) is 1. The molecule has 5 rings (SSSR count). The van der Waals surface area contributed by atoms with Crippen LogP contribution in [0.15, 0.2) is 0 Å². The van der Waals surface area contributed by atoms with Crippen molar-refractivity contribution in [1.29, 1.82) is 0 Å². The number of nitrogens with one attached hydrogen (secondary N) is 2. The quantitative estimate of drug-likeness (QED) is 0.264. The average Bonchev–Trinajstić information content (AvgIpc) is 3.78. The van der Waals surface area contributed by atoms with Gasteiger partial charge in [0.15, 0.2) is 17.7 Å². The van der Waals surface area contributed by atoms with Crippen LogP contribution in [0.4, 0.5) is 4.79 Å². The Balaban J connectivity index is 1.42. The average molecular weight is 709 g/mol. The summed E-state index contributed by atoms with van der Waals surface area (Å²) >= 11 is 0. The van der Waals surface area contributed by atoms with Gasteiger partial charge in [-0.15, -0.1) is 0 Å². The first-order valence-corrected chi connectivity index (χ1v) is 19.0. The van der Waals surface area contributed by atoms with Crippen molar-refractivity contribution < 1.29 is 43.2 Å². The van der Waals surface area contributed by atoms with Gasteiger partial charge in [0.25, 0.3) is 0 Å². The number of aliphatic hydroxyl groups excluding tert-OH is 1. The van der Waals surface area contributed by atoms with Crippen molar-refractivity contribution in [3.63, 3.8) is 0 Å². The van der Waals surface area contributed by atoms with Crippen LogP contribution >= 0.6 is 0 Å². The van der Waals surface area contributed by atoms with E-state index in [4.69, 9.17) is 23.7 Å². The van der Waals surface area contributed by atoms with E-state index in [1.165, 1.54) is 32.1 Å². The third-order valence-corrected chi connectivity index (χ3v) is 12.7. The van der Waals surface area contributed by atoms with Crippen LogP contribution in [0, 0.1) is 11.8 Å². The lowest BCUT2D eigenvalue weighted by Crippen LogP contribution is -2.60. The molecule has 13 heteroatoms. The Morgan fingerprint density at radius 2 is 1.76 bits per heavy atom. The summed E-state index contributed by atoms with van der Waals surface area (Å²) in [5, 5.41) is 18.1. The maximum atomic E-state index is 14.3. The molecular formula is C37H64N4O9. The number of cyclic esters (lactones) is 1. The molecule has 0 aromatic rings. The van der Waals surface area contributed by atoms with Gasteiger partial charge in [-0.1, -0.05) is 20.3 Å². The van der Waals surface area contributed by atoms with Gasteiger partial charge in [0.1, 0.15) is 18.1 Å². The highest BCUT2D eigenvalue weighted by atomic mass is 16.7. The molecule has 4 heterocycles. The third kappa shape index (κ3) is 7.89. The molecule has 13 nitrogen and oxygen atoms in total. The molecule has 4 aliphatic heterocycles. The summed E-state index contributed by atoms with van der Waals surface area (Å²) < 4.78 is 31.4. The van der Waals surface area contributed by atoms with E-state index < -0.39 is 65.7 Å². The number of piperidine rings is 1. The minimum atomic E-state index is -1.14. The van der Waals surface area contributed by atoms with Crippen LogP contribution in [0.2, 0.25) is 0 Å². The number of esters is 1. The number of aliphatic hydroxyl groups is 1. The first-order valence-electron chi connectivity index (χ1n) is 19.0. The number of likely N-dealkylation sites (tertiary alicyclic amines) is 1. The van der Waals surface area contributed by atoms with Gasteiger partial charge in [-0.3, -0.25) is 14.5 Å². The van der Waals surface area contributed by atoms with E-state index in [1.54, 1.807) is 27.9 Å². The van der Waals surface area contributed by atoms with Crippen LogP contribution in [0.5, 0.6) is 0 Å². The first kappa shape index (κ1) is 39.3. The van der Waals surface area contributed by atoms with E-state index in [-0.39, 0.29) is 24.0 Å². The Labute approximate surface area is 298 Å². The number of Topliss-reactive ketones (excluding diaryl/α,β-unsaturated/α-hetero) is 1. The number of rotatable bonds is 7. The first-order chi connectivity index (χ1) is 23.6. The molecule has 0 aromatic heterocycles. The lowest BCUT2D eigenvalue weighted by molar-refractivity contribution is -0.299. The molecule has 286 valence electrons. The molecule has 0 bridgehead atoms. The zero-order valence-corrected chi connectivity index (χ0v) is 31.9. The van der Waals surface area contributed by atoms with E-state index in [1.807, 2.05) is 39.8 Å². The standard InChI is InChI=1S/C37H64N4O9/c1-10-27-36(6)30(39-34(45)50-36)24(4)38-18-13-14-35(5,46-9)31(22(2)28(42)23(3)32(44)48-27)49-33-29(43)26(40(7)8)20-25(47-33)21-41-19-12-11-15-37(41)16-17-37/h22-27,29-31,33,38,43H,10-21H2,1-9H3,(H,39,45)/t22-,23?,24+,25?,26?,27+,29?,30+,31+,33?,35+,36+/m0/s1. The molecule has 1 aliphatic carbocycles. The topological polar surface area (TPSA) is 148 Å². The molecule has 5 aliphatic rings. The summed E-state index contributed by atoms with van der Waals surface area (Å²) in [6.07, 6.45) is 3.97. The fourth-order valence-corrected chi connectivity index (χ4v) is 9.20. The largest absolute Gasteiger partial charge is 0.458 e. The van der Waals surface area contributed by atoms with Crippen LogP contribution in [0.3, 0.4) is 0 Å². The number of amides is 1. The highest BCUT2D eigenvalue weighted by Gasteiger charge is 2.56. The fraction of sp³-hybridized carbons (Fsp3) is 0.919. The molecular weight excluding hydrogens is 644 g/mol. The van der Waals surface area contributed by atoms with Crippen molar-refractivity contribution in [3.8, 4) is 0 Å². The number of likely N-dealkylation sites (N-methyl/N-ethyl adjacent to an activating group) is 1. The Morgan fingerprint density at radius 3 is 2.40 bits per heavy atom. The Morgan fingerprint density at radius 1 is 1.04 bits per heavy atom. The predicted octanol–water partition coefficient (Wildman–Crippen LogP) is 3.00. The number of methoxy groups -OCH3 is 1. The zero-order chi connectivity index (χ0) is 36.6. The van der Waals surface area contributed by atoms with Gasteiger partial charge >= 0.3 is 12.1 Å². The molecule has 5 unspecified atom stereocenters. The second-order valence-electron chi connectivity index (χ2n) is 16.4. The number of nitrogens with zero attached hydrogens (tertiary/aromatic N) is 2. The second-order valence-corrected chi connectivity index (χ2v) is 16.4. The van der Waals surface area contributed by atoms with Crippen LogP contribution < -0.4 is 10.6 Å². The maximum Gasteiger partial charge on any atom is 0.408 e. The van der Waals surface area contributed by atoms with E-state index in [0.717, 1.165) is 13.1 Å². The van der Waals surface area contributed by atoms with Crippen molar-refractivity contribution in [2.75, 3.05) is 40.8 Å². The van der Waals surface area contributed by atoms with Gasteiger partial charge in [-0.2, -0.15) is 0 Å². The van der Waals surface area contributed by atoms with E-state index in [0.29, 0.717) is 37.8 Å². The van der Waals surface area contributed by atoms with Crippen LogP contribution in [-0.4, -0.2) is 139 Å². The van der Waals surface area contributed by atoms with Gasteiger partial charge in [0.2, 0.25) is 0 Å². The number of carbonyl (C=O) groups excluding carboxylic acids is 3. The summed E-state index contributed by atoms with van der Waals surface area (Å²) in [6.45, 7) is 13.2. The van der Waals surface area contributed by atoms with Crippen LogP contribution in [-0.2, 0) is 33.3 Å². The second kappa shape index (κ2) is 15.6. The molecule has 0 aromatic carbocycles. The molecule has 1 amide bonds.